The molecule has 0 atom stereocenters. The molecule has 0 amide bonds. The van der Waals surface area contributed by atoms with Gasteiger partial charge in [-0.1, -0.05) is 20.8 Å². The Bertz CT molecular complexity index is 302. The Labute approximate surface area is 102 Å². The number of nitrogens with two attached hydrogens (primary N) is 1. The molecule has 2 N–H and O–H groups in total. The Kier molecular flexibility index (Phi) is 4.89. The van der Waals surface area contributed by atoms with Crippen LogP contribution in [0.4, 0.5) is 0 Å². The number of rotatable bonds is 6. The molecule has 1 aromatic heterocycles. The fourth-order valence-corrected chi connectivity index (χ4v) is 3.28. The van der Waals surface area contributed by atoms with Crippen molar-refractivity contribution in [3.63, 3.8) is 0 Å². The Morgan fingerprint density at radius 3 is 2.25 bits per heavy atom. The van der Waals surface area contributed by atoms with E-state index in [0.29, 0.717) is 6.54 Å². The molecule has 0 aliphatic carbocycles. The Morgan fingerprint density at radius 2 is 1.94 bits per heavy atom. The van der Waals surface area contributed by atoms with Gasteiger partial charge in [-0.2, -0.15) is 0 Å². The molecule has 1 aromatic rings. The quantitative estimate of drug-likeness (QED) is 0.834. The Morgan fingerprint density at radius 1 is 1.31 bits per heavy atom. The molecule has 0 aliphatic heterocycles. The van der Waals surface area contributed by atoms with Gasteiger partial charge in [0.05, 0.1) is 5.69 Å². The average Bonchev–Trinajstić information content (AvgIpc) is 2.76. The molecular formula is C12H22N2OS. The molecule has 0 aromatic carbocycles. The zero-order chi connectivity index (χ0) is 12.2. The van der Waals surface area contributed by atoms with Crippen LogP contribution in [0, 0.1) is 0 Å². The van der Waals surface area contributed by atoms with Crippen LogP contribution in [0.15, 0.2) is 0 Å². The van der Waals surface area contributed by atoms with Gasteiger partial charge in [-0.25, -0.2) is 4.98 Å². The molecule has 1 rings (SSSR count). The van der Waals surface area contributed by atoms with Crippen LogP contribution in [-0.2, 0) is 23.3 Å². The van der Waals surface area contributed by atoms with Crippen LogP contribution in [0.1, 0.15) is 49.2 Å². The minimum absolute atomic E-state index is 0.220. The fraction of sp³-hybridized carbons (Fsp3) is 0.750. The molecule has 16 heavy (non-hydrogen) atoms. The van der Waals surface area contributed by atoms with Crippen molar-refractivity contribution < 1.29 is 4.74 Å². The Balaban J connectivity index is 3.15. The fourth-order valence-electron chi connectivity index (χ4n) is 1.94. The highest BCUT2D eigenvalue weighted by atomic mass is 32.1. The lowest BCUT2D eigenvalue weighted by Crippen LogP contribution is -2.26. The van der Waals surface area contributed by atoms with Crippen LogP contribution in [-0.4, -0.2) is 12.1 Å². The van der Waals surface area contributed by atoms with Crippen LogP contribution in [0.3, 0.4) is 0 Å². The van der Waals surface area contributed by atoms with Crippen molar-refractivity contribution in [1.29, 1.82) is 0 Å². The molecule has 0 saturated heterocycles. The van der Waals surface area contributed by atoms with Crippen molar-refractivity contribution in [1.82, 2.24) is 4.98 Å². The molecule has 0 radical (unpaired) electrons. The van der Waals surface area contributed by atoms with Gasteiger partial charge in [0.2, 0.25) is 0 Å². The maximum Gasteiger partial charge on any atom is 0.125 e. The minimum Gasteiger partial charge on any atom is -0.371 e. The summed E-state index contributed by atoms with van der Waals surface area (Å²) in [5, 5.41) is 1.08. The predicted octanol–water partition coefficient (Wildman–Crippen LogP) is 2.83. The molecule has 0 aliphatic rings. The first-order valence-electron chi connectivity index (χ1n) is 5.91. The molecule has 0 spiro atoms. The smallest absolute Gasteiger partial charge is 0.125 e. The van der Waals surface area contributed by atoms with E-state index in [1.165, 1.54) is 4.88 Å². The molecule has 0 saturated carbocycles. The van der Waals surface area contributed by atoms with Crippen molar-refractivity contribution in [2.45, 2.75) is 52.2 Å². The van der Waals surface area contributed by atoms with Crippen molar-refractivity contribution >= 4 is 11.3 Å². The summed E-state index contributed by atoms with van der Waals surface area (Å²) in [6, 6.07) is 0. The summed E-state index contributed by atoms with van der Waals surface area (Å²) in [5.41, 5.74) is 6.65. The summed E-state index contributed by atoms with van der Waals surface area (Å²) in [5.74, 6) is 0. The highest BCUT2D eigenvalue weighted by molar-refractivity contribution is 7.11. The van der Waals surface area contributed by atoms with Gasteiger partial charge in [0.25, 0.3) is 0 Å². The topological polar surface area (TPSA) is 48.1 Å². The molecule has 1 heterocycles. The average molecular weight is 242 g/mol. The van der Waals surface area contributed by atoms with Crippen molar-refractivity contribution in [3.05, 3.63) is 15.6 Å². The largest absolute Gasteiger partial charge is 0.371 e. The van der Waals surface area contributed by atoms with Crippen molar-refractivity contribution in [2.75, 3.05) is 7.11 Å². The summed E-state index contributed by atoms with van der Waals surface area (Å²) >= 11 is 1.70. The standard InChI is InChI=1S/C12H22N2OS/c1-5-9-10(8-13)16-11(14-9)12(6-2,7-3)15-4/h5-8,13H2,1-4H3. The van der Waals surface area contributed by atoms with E-state index in [-0.39, 0.29) is 5.60 Å². The highest BCUT2D eigenvalue weighted by Gasteiger charge is 2.32. The molecule has 0 fully saturated rings. The highest BCUT2D eigenvalue weighted by Crippen LogP contribution is 2.36. The van der Waals surface area contributed by atoms with Gasteiger partial charge in [0, 0.05) is 18.5 Å². The lowest BCUT2D eigenvalue weighted by Gasteiger charge is -2.27. The van der Waals surface area contributed by atoms with Crippen molar-refractivity contribution in [3.8, 4) is 0 Å². The number of hydrogen-bond donors (Lipinski definition) is 1. The van der Waals surface area contributed by atoms with E-state index < -0.39 is 0 Å². The second-order valence-electron chi connectivity index (χ2n) is 3.85. The number of aryl methyl sites for hydroxylation is 1. The van der Waals surface area contributed by atoms with Crippen LogP contribution in [0.5, 0.6) is 0 Å². The second-order valence-corrected chi connectivity index (χ2v) is 4.94. The maximum atomic E-state index is 5.74. The van der Waals surface area contributed by atoms with Crippen LogP contribution >= 0.6 is 11.3 Å². The van der Waals surface area contributed by atoms with E-state index in [0.717, 1.165) is 30.0 Å². The normalized spacial score (nSPS) is 12.1. The maximum absolute atomic E-state index is 5.74. The minimum atomic E-state index is -0.220. The van der Waals surface area contributed by atoms with Gasteiger partial charge in [-0.15, -0.1) is 11.3 Å². The van der Waals surface area contributed by atoms with Gasteiger partial charge < -0.3 is 10.5 Å². The Hall–Kier alpha value is -0.450. The van der Waals surface area contributed by atoms with Gasteiger partial charge in [-0.05, 0) is 19.3 Å². The van der Waals surface area contributed by atoms with Crippen molar-refractivity contribution in [2.24, 2.45) is 5.73 Å². The third-order valence-corrected chi connectivity index (χ3v) is 4.53. The van der Waals surface area contributed by atoms with E-state index in [9.17, 15) is 0 Å². The molecule has 4 heteroatoms. The van der Waals surface area contributed by atoms with Gasteiger partial charge in [0.1, 0.15) is 10.6 Å². The first-order valence-corrected chi connectivity index (χ1v) is 6.73. The number of methoxy groups -OCH3 is 1. The summed E-state index contributed by atoms with van der Waals surface area (Å²) in [7, 11) is 1.77. The molecule has 0 bridgehead atoms. The van der Waals surface area contributed by atoms with Crippen LogP contribution in [0.2, 0.25) is 0 Å². The predicted molar refractivity (Wildman–Crippen MR) is 68.7 cm³/mol. The second kappa shape index (κ2) is 5.75. The molecular weight excluding hydrogens is 220 g/mol. The summed E-state index contributed by atoms with van der Waals surface area (Å²) in [4.78, 5) is 5.89. The SMILES string of the molecule is CCc1nc(C(CC)(CC)OC)sc1CN. The first-order chi connectivity index (χ1) is 7.67. The van der Waals surface area contributed by atoms with E-state index in [2.05, 4.69) is 20.8 Å². The van der Waals surface area contributed by atoms with Crippen LogP contribution in [0.25, 0.3) is 0 Å². The number of thiazole rings is 1. The van der Waals surface area contributed by atoms with E-state index >= 15 is 0 Å². The van der Waals surface area contributed by atoms with Gasteiger partial charge in [-0.3, -0.25) is 0 Å². The summed E-state index contributed by atoms with van der Waals surface area (Å²) in [6.45, 7) is 6.97. The third-order valence-electron chi connectivity index (χ3n) is 3.22. The number of hydrogen-bond acceptors (Lipinski definition) is 4. The molecule has 0 unspecified atom stereocenters. The first kappa shape index (κ1) is 13.6. The monoisotopic (exact) mass is 242 g/mol. The van der Waals surface area contributed by atoms with E-state index in [1.807, 2.05) is 0 Å². The van der Waals surface area contributed by atoms with E-state index in [1.54, 1.807) is 18.4 Å². The number of nitrogens with zero attached hydrogens (tertiary/aromatic N) is 1. The lowest BCUT2D eigenvalue weighted by molar-refractivity contribution is -0.0219. The summed E-state index contributed by atoms with van der Waals surface area (Å²) < 4.78 is 5.69. The van der Waals surface area contributed by atoms with Crippen LogP contribution < -0.4 is 5.73 Å². The zero-order valence-corrected chi connectivity index (χ0v) is 11.5. The molecule has 3 nitrogen and oxygen atoms in total. The zero-order valence-electron chi connectivity index (χ0n) is 10.7. The van der Waals surface area contributed by atoms with Gasteiger partial charge >= 0.3 is 0 Å². The molecule has 92 valence electrons. The van der Waals surface area contributed by atoms with E-state index in [4.69, 9.17) is 15.5 Å². The summed E-state index contributed by atoms with van der Waals surface area (Å²) in [6.07, 6.45) is 2.83. The number of aromatic nitrogens is 1. The van der Waals surface area contributed by atoms with Gasteiger partial charge in [0.15, 0.2) is 0 Å². The third kappa shape index (κ3) is 2.29. The number of ether oxygens (including phenoxy) is 1. The lowest BCUT2D eigenvalue weighted by atomic mass is 9.98.